The van der Waals surface area contributed by atoms with Gasteiger partial charge in [-0.3, -0.25) is 9.20 Å². The number of nitrogens with zero attached hydrogens (tertiary/aromatic N) is 2. The van der Waals surface area contributed by atoms with Crippen LogP contribution in [0, 0.1) is 23.3 Å². The number of amides is 1. The molecule has 28 heavy (non-hydrogen) atoms. The monoisotopic (exact) mass is 405 g/mol. The van der Waals surface area contributed by atoms with Crippen LogP contribution in [0.25, 0.3) is 16.2 Å². The smallest absolute Gasteiger partial charge is 0.230 e. The Labute approximate surface area is 160 Å². The van der Waals surface area contributed by atoms with E-state index in [1.165, 1.54) is 23.5 Å². The maximum absolute atomic E-state index is 13.7. The summed E-state index contributed by atoms with van der Waals surface area (Å²) >= 11 is 1.30. The zero-order valence-corrected chi connectivity index (χ0v) is 14.9. The van der Waals surface area contributed by atoms with Crippen LogP contribution in [0.5, 0.6) is 0 Å². The third-order valence-electron chi connectivity index (χ3n) is 4.07. The van der Waals surface area contributed by atoms with Gasteiger partial charge in [0.1, 0.15) is 5.82 Å². The molecule has 2 heterocycles. The number of carbonyl (C=O) groups is 1. The molecule has 0 spiro atoms. The van der Waals surface area contributed by atoms with E-state index in [0.717, 1.165) is 17.7 Å². The first-order valence-corrected chi connectivity index (χ1v) is 8.95. The van der Waals surface area contributed by atoms with Gasteiger partial charge in [-0.2, -0.15) is 0 Å². The van der Waals surface area contributed by atoms with Crippen LogP contribution in [0.15, 0.2) is 48.0 Å². The van der Waals surface area contributed by atoms with Crippen LogP contribution in [0.3, 0.4) is 0 Å². The van der Waals surface area contributed by atoms with Crippen molar-refractivity contribution in [1.82, 2.24) is 9.38 Å². The molecule has 0 aliphatic carbocycles. The Kier molecular flexibility index (Phi) is 4.60. The van der Waals surface area contributed by atoms with Crippen LogP contribution < -0.4 is 5.32 Å². The van der Waals surface area contributed by atoms with Crippen molar-refractivity contribution in [2.75, 3.05) is 5.32 Å². The van der Waals surface area contributed by atoms with Gasteiger partial charge in [0.05, 0.1) is 17.8 Å². The number of hydrogen-bond acceptors (Lipinski definition) is 3. The molecule has 0 atom stereocenters. The molecule has 0 unspecified atom stereocenters. The Balaban J connectivity index is 1.55. The molecule has 4 nitrogen and oxygen atoms in total. The number of carbonyl (C=O) groups excluding carboxylic acids is 1. The van der Waals surface area contributed by atoms with Crippen LogP contribution in [0.1, 0.15) is 5.69 Å². The first-order valence-electron chi connectivity index (χ1n) is 8.07. The fourth-order valence-corrected chi connectivity index (χ4v) is 3.57. The number of nitrogens with one attached hydrogen (secondary N) is 1. The summed E-state index contributed by atoms with van der Waals surface area (Å²) in [7, 11) is 0. The van der Waals surface area contributed by atoms with Crippen molar-refractivity contribution >= 4 is 27.9 Å². The van der Waals surface area contributed by atoms with Gasteiger partial charge in [0.15, 0.2) is 22.4 Å². The average Bonchev–Trinajstić information content (AvgIpc) is 3.25. The number of thiazole rings is 1. The SMILES string of the molecule is O=C(Cc1csc2nc(-c3ccc(F)cc3)cn12)Nc1ccc(F)c(F)c1F. The van der Waals surface area contributed by atoms with Gasteiger partial charge in [0.25, 0.3) is 0 Å². The first-order chi connectivity index (χ1) is 13.4. The van der Waals surface area contributed by atoms with Gasteiger partial charge in [-0.1, -0.05) is 0 Å². The van der Waals surface area contributed by atoms with E-state index in [1.54, 1.807) is 28.1 Å². The van der Waals surface area contributed by atoms with Gasteiger partial charge >= 0.3 is 0 Å². The molecule has 142 valence electrons. The van der Waals surface area contributed by atoms with Gasteiger partial charge < -0.3 is 5.32 Å². The van der Waals surface area contributed by atoms with Crippen molar-refractivity contribution in [1.29, 1.82) is 0 Å². The highest BCUT2D eigenvalue weighted by molar-refractivity contribution is 7.15. The number of benzene rings is 2. The number of fused-ring (bicyclic) bond motifs is 1. The highest BCUT2D eigenvalue weighted by atomic mass is 32.1. The van der Waals surface area contributed by atoms with Crippen LogP contribution in [-0.2, 0) is 11.2 Å². The Bertz CT molecular complexity index is 1180. The molecule has 0 aliphatic rings. The molecule has 1 amide bonds. The van der Waals surface area contributed by atoms with Crippen LogP contribution >= 0.6 is 11.3 Å². The van der Waals surface area contributed by atoms with Gasteiger partial charge in [-0.15, -0.1) is 11.3 Å². The third kappa shape index (κ3) is 3.36. The second-order valence-electron chi connectivity index (χ2n) is 5.96. The number of rotatable bonds is 4. The van der Waals surface area contributed by atoms with Gasteiger partial charge in [0.2, 0.25) is 5.91 Å². The number of anilines is 1. The van der Waals surface area contributed by atoms with Crippen molar-refractivity contribution in [3.05, 3.63) is 76.9 Å². The lowest BCUT2D eigenvalue weighted by Gasteiger charge is -2.07. The van der Waals surface area contributed by atoms with E-state index in [4.69, 9.17) is 0 Å². The second-order valence-corrected chi connectivity index (χ2v) is 6.80. The predicted molar refractivity (Wildman–Crippen MR) is 97.1 cm³/mol. The molecule has 4 rings (SSSR count). The Morgan fingerprint density at radius 1 is 1.04 bits per heavy atom. The maximum atomic E-state index is 13.7. The van der Waals surface area contributed by atoms with E-state index in [0.29, 0.717) is 16.3 Å². The van der Waals surface area contributed by atoms with Crippen molar-refractivity contribution in [2.24, 2.45) is 0 Å². The quantitative estimate of drug-likeness (QED) is 0.392. The summed E-state index contributed by atoms with van der Waals surface area (Å²) < 4.78 is 54.7. The molecule has 0 aliphatic heterocycles. The molecule has 2 aromatic heterocycles. The number of hydrogen-bond donors (Lipinski definition) is 1. The number of halogens is 4. The molecule has 0 fully saturated rings. The second kappa shape index (κ2) is 7.08. The largest absolute Gasteiger partial charge is 0.323 e. The number of imidazole rings is 1. The van der Waals surface area contributed by atoms with E-state index in [9.17, 15) is 22.4 Å². The summed E-state index contributed by atoms with van der Waals surface area (Å²) in [5.74, 6) is -5.38. The van der Waals surface area contributed by atoms with E-state index >= 15 is 0 Å². The van der Waals surface area contributed by atoms with Gasteiger partial charge in [-0.05, 0) is 36.4 Å². The lowest BCUT2D eigenvalue weighted by molar-refractivity contribution is -0.115. The van der Waals surface area contributed by atoms with E-state index in [-0.39, 0.29) is 12.2 Å². The van der Waals surface area contributed by atoms with Crippen LogP contribution in [-0.4, -0.2) is 15.3 Å². The van der Waals surface area contributed by atoms with E-state index in [1.807, 2.05) is 0 Å². The molecule has 2 aromatic carbocycles. The fraction of sp³-hybridized carbons (Fsp3) is 0.0526. The van der Waals surface area contributed by atoms with E-state index < -0.39 is 29.0 Å². The fourth-order valence-electron chi connectivity index (χ4n) is 2.70. The molecule has 4 aromatic rings. The predicted octanol–water partition coefficient (Wildman–Crippen LogP) is 4.80. The summed E-state index contributed by atoms with van der Waals surface area (Å²) in [4.78, 5) is 17.3. The van der Waals surface area contributed by atoms with Crippen LogP contribution in [0.4, 0.5) is 23.2 Å². The molecule has 1 N–H and O–H groups in total. The normalized spacial score (nSPS) is 11.1. The first kappa shape index (κ1) is 18.2. The maximum Gasteiger partial charge on any atom is 0.230 e. The van der Waals surface area contributed by atoms with Crippen molar-refractivity contribution in [2.45, 2.75) is 6.42 Å². The minimum atomic E-state index is -1.64. The Hall–Kier alpha value is -3.20. The van der Waals surface area contributed by atoms with Gasteiger partial charge in [-0.25, -0.2) is 22.5 Å². The highest BCUT2D eigenvalue weighted by Gasteiger charge is 2.17. The zero-order chi connectivity index (χ0) is 19.8. The van der Waals surface area contributed by atoms with Crippen molar-refractivity contribution in [3.63, 3.8) is 0 Å². The number of aromatic nitrogens is 2. The Morgan fingerprint density at radius 2 is 1.79 bits per heavy atom. The average molecular weight is 405 g/mol. The summed E-state index contributed by atoms with van der Waals surface area (Å²) in [6.07, 6.45) is 1.58. The topological polar surface area (TPSA) is 46.4 Å². The van der Waals surface area contributed by atoms with Gasteiger partial charge in [0, 0.05) is 22.8 Å². The lowest BCUT2D eigenvalue weighted by atomic mass is 10.2. The molecule has 0 radical (unpaired) electrons. The molecule has 0 saturated carbocycles. The molecular weight excluding hydrogens is 394 g/mol. The molecule has 0 saturated heterocycles. The van der Waals surface area contributed by atoms with Crippen molar-refractivity contribution < 1.29 is 22.4 Å². The van der Waals surface area contributed by atoms with E-state index in [2.05, 4.69) is 10.3 Å². The zero-order valence-electron chi connectivity index (χ0n) is 14.0. The standard InChI is InChI=1S/C19H11F4N3OS/c20-11-3-1-10(2-4-11)15-8-26-12(9-28-19(26)25-15)7-16(27)24-14-6-5-13(21)17(22)18(14)23/h1-6,8-9H,7H2,(H,24,27). The summed E-state index contributed by atoms with van der Waals surface area (Å²) in [5, 5.41) is 3.95. The lowest BCUT2D eigenvalue weighted by Crippen LogP contribution is -2.16. The minimum Gasteiger partial charge on any atom is -0.323 e. The summed E-state index contributed by atoms with van der Waals surface area (Å²) in [5.41, 5.74) is 1.48. The van der Waals surface area contributed by atoms with Crippen molar-refractivity contribution in [3.8, 4) is 11.3 Å². The third-order valence-corrected chi connectivity index (χ3v) is 4.96. The molecule has 0 bridgehead atoms. The highest BCUT2D eigenvalue weighted by Crippen LogP contribution is 2.25. The molecular formula is C19H11F4N3OS. The summed E-state index contributed by atoms with van der Waals surface area (Å²) in [6.45, 7) is 0. The van der Waals surface area contributed by atoms with Crippen LogP contribution in [0.2, 0.25) is 0 Å². The molecule has 9 heteroatoms. The summed E-state index contributed by atoms with van der Waals surface area (Å²) in [6, 6.07) is 7.54. The Morgan fingerprint density at radius 3 is 2.54 bits per heavy atom. The minimum absolute atomic E-state index is 0.127.